The average molecular weight is 456 g/mol. The zero-order chi connectivity index (χ0) is 24.1. The molecule has 0 bridgehead atoms. The summed E-state index contributed by atoms with van der Waals surface area (Å²) in [5.41, 5.74) is 4.39. The van der Waals surface area contributed by atoms with Crippen molar-refractivity contribution in [3.63, 3.8) is 0 Å². The van der Waals surface area contributed by atoms with Gasteiger partial charge in [0.1, 0.15) is 30.5 Å². The van der Waals surface area contributed by atoms with Crippen LogP contribution < -0.4 is 10.0 Å². The van der Waals surface area contributed by atoms with Crippen LogP contribution in [0.3, 0.4) is 0 Å². The van der Waals surface area contributed by atoms with Gasteiger partial charge in [-0.05, 0) is 34.2 Å². The van der Waals surface area contributed by atoms with Crippen molar-refractivity contribution in [2.75, 3.05) is 27.7 Å². The molecule has 7 nitrogen and oxygen atoms in total. The lowest BCUT2D eigenvalue weighted by molar-refractivity contribution is -0.836. The van der Waals surface area contributed by atoms with E-state index in [2.05, 4.69) is 33.3 Å². The quantitative estimate of drug-likeness (QED) is 0.370. The highest BCUT2D eigenvalue weighted by Crippen LogP contribution is 2.36. The maximum absolute atomic E-state index is 12.4. The average Bonchev–Trinajstić information content (AvgIpc) is 3.01. The number of hydrogen-bond donors (Lipinski definition) is 5. The molecule has 1 aromatic rings. The van der Waals surface area contributed by atoms with Gasteiger partial charge in [-0.1, -0.05) is 60.7 Å². The molecule has 1 heterocycles. The molecule has 0 radical (unpaired) electrons. The third kappa shape index (κ3) is 6.09. The molecular weight excluding hydrogens is 422 g/mol. The van der Waals surface area contributed by atoms with Gasteiger partial charge in [-0.3, -0.25) is 0 Å². The fraction of sp³-hybridized carbons (Fsp3) is 0.385. The van der Waals surface area contributed by atoms with Crippen LogP contribution in [0.25, 0.3) is 11.1 Å². The van der Waals surface area contributed by atoms with Crippen molar-refractivity contribution in [2.24, 2.45) is 0 Å². The van der Waals surface area contributed by atoms with Gasteiger partial charge in [-0.25, -0.2) is 0 Å². The van der Waals surface area contributed by atoms with Crippen molar-refractivity contribution >= 4 is 0 Å². The van der Waals surface area contributed by atoms with Crippen molar-refractivity contribution in [1.29, 1.82) is 0 Å². The molecule has 1 fully saturated rings. The third-order valence-electron chi connectivity index (χ3n) is 5.47. The molecule has 7 heteroatoms. The summed E-state index contributed by atoms with van der Waals surface area (Å²) in [4.78, 5) is 1.42. The molecule has 0 aromatic heterocycles. The lowest BCUT2D eigenvalue weighted by Gasteiger charge is -2.41. The van der Waals surface area contributed by atoms with Gasteiger partial charge in [-0.2, -0.15) is 0 Å². The van der Waals surface area contributed by atoms with E-state index in [9.17, 15) is 25.5 Å². The number of nitrogens with one attached hydrogen (secondary N) is 1. The van der Waals surface area contributed by atoms with Crippen LogP contribution in [0.4, 0.5) is 0 Å². The summed E-state index contributed by atoms with van der Waals surface area (Å²) in [6.07, 6.45) is -6.04. The molecule has 0 spiro atoms. The fourth-order valence-electron chi connectivity index (χ4n) is 3.91. The lowest BCUT2D eigenvalue weighted by atomic mass is 9.89. The van der Waals surface area contributed by atoms with Gasteiger partial charge in [0.2, 0.25) is 0 Å². The summed E-state index contributed by atoms with van der Waals surface area (Å²) >= 11 is 0. The topological polar surface area (TPSA) is 118 Å². The third-order valence-corrected chi connectivity index (χ3v) is 5.47. The number of ether oxygens (including phenoxy) is 1. The molecule has 4 rings (SSSR count). The Morgan fingerprint density at radius 3 is 2.00 bits per heavy atom. The Balaban J connectivity index is 0.000000709. The molecule has 5 N–H and O–H groups in total. The van der Waals surface area contributed by atoms with Gasteiger partial charge >= 0.3 is 0 Å². The summed E-state index contributed by atoms with van der Waals surface area (Å²) < 4.78 is 5.55. The number of hydrogen-bond acceptors (Lipinski definition) is 6. The van der Waals surface area contributed by atoms with Gasteiger partial charge in [0.05, 0.1) is 27.7 Å². The second-order valence-electron chi connectivity index (χ2n) is 8.98. The van der Waals surface area contributed by atoms with Gasteiger partial charge < -0.3 is 35.2 Å². The normalized spacial score (nSPS) is 25.0. The van der Waals surface area contributed by atoms with Gasteiger partial charge in [0.25, 0.3) is 0 Å². The monoisotopic (exact) mass is 455 g/mol. The van der Waals surface area contributed by atoms with Crippen molar-refractivity contribution in [3.8, 4) is 16.9 Å². The maximum Gasteiger partial charge on any atom is 0.113 e. The number of benzene rings is 1. The molecule has 2 aliphatic carbocycles. The van der Waals surface area contributed by atoms with E-state index in [0.29, 0.717) is 6.42 Å². The highest BCUT2D eigenvalue weighted by atomic mass is 16.5. The number of aliphatic hydroxyl groups excluding tert-OH is 4. The molecular formula is C26H33NO6. The number of aliphatic hydroxyl groups is 4. The van der Waals surface area contributed by atoms with Crippen LogP contribution in [0.5, 0.6) is 5.75 Å². The highest BCUT2D eigenvalue weighted by Gasteiger charge is 2.44. The first-order valence-electron chi connectivity index (χ1n) is 11.1. The summed E-state index contributed by atoms with van der Waals surface area (Å²) in [5.74, 6) is -0.335. The first-order chi connectivity index (χ1) is 15.7. The van der Waals surface area contributed by atoms with E-state index in [1.165, 1.54) is 11.0 Å². The van der Waals surface area contributed by atoms with Crippen LogP contribution in [-0.4, -0.2) is 72.6 Å². The minimum atomic E-state index is -1.52. The van der Waals surface area contributed by atoms with Crippen LogP contribution in [0.15, 0.2) is 60.7 Å². The molecule has 1 aromatic carbocycles. The maximum atomic E-state index is 12.4. The molecule has 0 unspecified atom stereocenters. The summed E-state index contributed by atoms with van der Waals surface area (Å²) in [5, 5.41) is 52.1. The van der Waals surface area contributed by atoms with Crippen LogP contribution in [-0.2, 0) is 11.2 Å². The van der Waals surface area contributed by atoms with E-state index in [1.54, 1.807) is 12.1 Å². The minimum Gasteiger partial charge on any atom is -0.872 e. The smallest absolute Gasteiger partial charge is 0.113 e. The Bertz CT molecular complexity index is 974. The Labute approximate surface area is 194 Å². The van der Waals surface area contributed by atoms with Crippen LogP contribution in [0.1, 0.15) is 22.8 Å². The van der Waals surface area contributed by atoms with Crippen LogP contribution >= 0.6 is 0 Å². The van der Waals surface area contributed by atoms with E-state index in [1.807, 2.05) is 30.3 Å². The SMILES string of the molecule is C[NH+](C)C.[O-]c1ccc(Cc2cc3cccccc-3c2)cc1[C@@H]1O[C@H](CO)[C@@H](O)[C@H](O)[C@H]1O. The fourth-order valence-corrected chi connectivity index (χ4v) is 3.91. The predicted molar refractivity (Wildman–Crippen MR) is 123 cm³/mol. The molecule has 178 valence electrons. The molecule has 5 atom stereocenters. The Hall–Kier alpha value is -2.52. The van der Waals surface area contributed by atoms with E-state index < -0.39 is 37.1 Å². The highest BCUT2D eigenvalue weighted by molar-refractivity contribution is 5.68. The zero-order valence-corrected chi connectivity index (χ0v) is 19.2. The molecule has 0 amide bonds. The Kier molecular flexibility index (Phi) is 8.42. The van der Waals surface area contributed by atoms with Gasteiger partial charge in [-0.15, -0.1) is 5.75 Å². The Morgan fingerprint density at radius 2 is 1.42 bits per heavy atom. The van der Waals surface area contributed by atoms with E-state index in [4.69, 9.17) is 4.74 Å². The van der Waals surface area contributed by atoms with Gasteiger partial charge in [0, 0.05) is 0 Å². The molecule has 1 aliphatic heterocycles. The van der Waals surface area contributed by atoms with Crippen molar-refractivity contribution < 1.29 is 35.2 Å². The first-order valence-corrected chi connectivity index (χ1v) is 11.1. The van der Waals surface area contributed by atoms with E-state index >= 15 is 0 Å². The second-order valence-corrected chi connectivity index (χ2v) is 8.98. The minimum absolute atomic E-state index is 0.196. The predicted octanol–water partition coefficient (Wildman–Crippen LogP) is -0.269. The van der Waals surface area contributed by atoms with Crippen molar-refractivity contribution in [3.05, 3.63) is 77.4 Å². The zero-order valence-electron chi connectivity index (χ0n) is 19.2. The largest absolute Gasteiger partial charge is 0.872 e. The van der Waals surface area contributed by atoms with E-state index in [-0.39, 0.29) is 11.3 Å². The number of rotatable bonds is 4. The molecule has 33 heavy (non-hydrogen) atoms. The van der Waals surface area contributed by atoms with Gasteiger partial charge in [0.15, 0.2) is 0 Å². The molecule has 1 saturated heterocycles. The first kappa shape index (κ1) is 25.1. The molecule has 0 saturated carbocycles. The number of fused-ring (bicyclic) bond motifs is 1. The summed E-state index contributed by atoms with van der Waals surface area (Å²) in [6.45, 7) is -0.535. The number of quaternary nitrogens is 1. The summed E-state index contributed by atoms with van der Waals surface area (Å²) in [7, 11) is 6.25. The summed E-state index contributed by atoms with van der Waals surface area (Å²) in [6, 6.07) is 19.0. The molecule has 3 aliphatic rings. The lowest BCUT2D eigenvalue weighted by Crippen LogP contribution is -3.02. The van der Waals surface area contributed by atoms with E-state index in [0.717, 1.165) is 22.3 Å². The van der Waals surface area contributed by atoms with Crippen LogP contribution in [0.2, 0.25) is 0 Å². The Morgan fingerprint density at radius 1 is 0.818 bits per heavy atom. The second kappa shape index (κ2) is 11.1. The van der Waals surface area contributed by atoms with Crippen molar-refractivity contribution in [2.45, 2.75) is 36.9 Å². The van der Waals surface area contributed by atoms with Crippen molar-refractivity contribution in [1.82, 2.24) is 0 Å². The van der Waals surface area contributed by atoms with Crippen LogP contribution in [0, 0.1) is 0 Å². The standard InChI is InChI=1S/C23H24O6.C3H9N/c24-12-19-20(26)21(27)22(28)23(29-19)17-11-13(6-7-18(17)25)8-14-9-15-4-2-1-3-5-16(15)10-14;1-4(2)3/h1-7,9-11,19-28H,8,12H2;1-3H3/t19-,20-,21+,22-,23+;/m1./s1.